The van der Waals surface area contributed by atoms with Gasteiger partial charge >= 0.3 is 11.7 Å². The molecule has 1 aliphatic rings. The van der Waals surface area contributed by atoms with Gasteiger partial charge in [-0.1, -0.05) is 17.3 Å². The monoisotopic (exact) mass is 507 g/mol. The summed E-state index contributed by atoms with van der Waals surface area (Å²) in [6, 6.07) is 13.3. The molecule has 12 nitrogen and oxygen atoms in total. The van der Waals surface area contributed by atoms with Crippen molar-refractivity contribution in [1.29, 1.82) is 0 Å². The van der Waals surface area contributed by atoms with Crippen molar-refractivity contribution < 1.29 is 28.9 Å². The van der Waals surface area contributed by atoms with Gasteiger partial charge in [0.15, 0.2) is 5.69 Å². The number of aromatic hydroxyl groups is 1. The number of benzene rings is 2. The first-order valence-corrected chi connectivity index (χ1v) is 11.6. The van der Waals surface area contributed by atoms with Crippen molar-refractivity contribution >= 4 is 17.1 Å². The van der Waals surface area contributed by atoms with Gasteiger partial charge in [-0.15, -0.1) is 5.10 Å². The number of nitrogens with one attached hydrogen (secondary N) is 2. The quantitative estimate of drug-likeness (QED) is 0.268. The number of phenols is 1. The number of rotatable bonds is 7. The third-order valence-electron chi connectivity index (χ3n) is 6.13. The average molecular weight is 508 g/mol. The van der Waals surface area contributed by atoms with Crippen LogP contribution in [0.1, 0.15) is 11.3 Å². The molecular weight excluding hydrogens is 482 g/mol. The van der Waals surface area contributed by atoms with E-state index in [1.165, 1.54) is 23.0 Å². The van der Waals surface area contributed by atoms with Crippen LogP contribution >= 0.6 is 0 Å². The molecule has 2 aromatic carbocycles. The number of carbonyl (C=O) groups is 1. The Bertz CT molecular complexity index is 1470. The number of carbonyl (C=O) groups excluding carboxylic acids is 1. The van der Waals surface area contributed by atoms with Crippen molar-refractivity contribution in [3.05, 3.63) is 76.4 Å². The Morgan fingerprint density at radius 3 is 2.84 bits per heavy atom. The number of phenolic OH excluding ortho intramolecular Hbond substituents is 1. The first kappa shape index (κ1) is 24.3. The van der Waals surface area contributed by atoms with Gasteiger partial charge < -0.3 is 34.7 Å². The third kappa shape index (κ3) is 5.39. The molecule has 1 fully saturated rings. The van der Waals surface area contributed by atoms with E-state index in [2.05, 4.69) is 20.9 Å². The van der Waals surface area contributed by atoms with Gasteiger partial charge in [-0.2, -0.15) is 0 Å². The molecule has 0 radical (unpaired) electrons. The predicted molar refractivity (Wildman–Crippen MR) is 131 cm³/mol. The fourth-order valence-corrected chi connectivity index (χ4v) is 4.21. The van der Waals surface area contributed by atoms with E-state index in [0.29, 0.717) is 24.0 Å². The molecule has 0 unspecified atom stereocenters. The Morgan fingerprint density at radius 1 is 1.24 bits per heavy atom. The summed E-state index contributed by atoms with van der Waals surface area (Å²) in [7, 11) is 1.60. The molecule has 1 amide bonds. The molecule has 2 aromatic heterocycles. The lowest BCUT2D eigenvalue weighted by atomic mass is 10.0. The summed E-state index contributed by atoms with van der Waals surface area (Å²) < 4.78 is 17.2. The van der Waals surface area contributed by atoms with Crippen LogP contribution < -0.4 is 21.0 Å². The van der Waals surface area contributed by atoms with E-state index in [0.717, 1.165) is 11.3 Å². The smallest absolute Gasteiger partial charge is 0.407 e. The minimum absolute atomic E-state index is 0.00892. The second kappa shape index (κ2) is 10.3. The van der Waals surface area contributed by atoms with Gasteiger partial charge in [0.2, 0.25) is 0 Å². The van der Waals surface area contributed by atoms with Gasteiger partial charge in [-0.05, 0) is 42.3 Å². The molecule has 1 saturated heterocycles. The standard InChI is InChI=1S/C25H25N5O7/c1-35-18-6-2-14(3-7-18)8-19-23(21(32)12-26-19)37-25(34)27-11-16-13-30(29-28-16)20-9-15-4-5-17(31)10-22(15)36-24(20)33/h2-7,9-10,13,19,21,23,26,31-32H,8,11-12H2,1H3,(H,27,34)/t19-,21+,23+/m1/s1. The number of methoxy groups -OCH3 is 1. The molecule has 1 aliphatic heterocycles. The van der Waals surface area contributed by atoms with Crippen LogP contribution in [0.25, 0.3) is 16.7 Å². The number of hydrogen-bond donors (Lipinski definition) is 4. The van der Waals surface area contributed by atoms with E-state index in [-0.39, 0.29) is 29.6 Å². The molecule has 3 atom stereocenters. The van der Waals surface area contributed by atoms with Gasteiger partial charge in [0, 0.05) is 18.0 Å². The first-order chi connectivity index (χ1) is 17.9. The lowest BCUT2D eigenvalue weighted by Gasteiger charge is -2.22. The minimum Gasteiger partial charge on any atom is -0.508 e. The van der Waals surface area contributed by atoms with E-state index < -0.39 is 23.9 Å². The van der Waals surface area contributed by atoms with Crippen molar-refractivity contribution in [2.75, 3.05) is 13.7 Å². The van der Waals surface area contributed by atoms with E-state index in [1.54, 1.807) is 19.2 Å². The second-order valence-corrected chi connectivity index (χ2v) is 8.65. The topological polar surface area (TPSA) is 161 Å². The summed E-state index contributed by atoms with van der Waals surface area (Å²) in [5, 5.41) is 34.2. The van der Waals surface area contributed by atoms with Crippen LogP contribution in [0.4, 0.5) is 4.79 Å². The number of aromatic nitrogens is 3. The van der Waals surface area contributed by atoms with Crippen molar-refractivity contribution in [3.63, 3.8) is 0 Å². The van der Waals surface area contributed by atoms with Crippen LogP contribution in [0.5, 0.6) is 11.5 Å². The number of aliphatic hydroxyl groups is 1. The highest BCUT2D eigenvalue weighted by Gasteiger charge is 2.37. The number of ether oxygens (including phenoxy) is 2. The fourth-order valence-electron chi connectivity index (χ4n) is 4.21. The van der Waals surface area contributed by atoms with E-state index in [1.807, 2.05) is 24.3 Å². The fraction of sp³-hybridized carbons (Fsp3) is 0.280. The summed E-state index contributed by atoms with van der Waals surface area (Å²) >= 11 is 0. The molecule has 37 heavy (non-hydrogen) atoms. The van der Waals surface area contributed by atoms with E-state index >= 15 is 0 Å². The Hall–Kier alpha value is -4.42. The zero-order valence-corrected chi connectivity index (χ0v) is 19.8. The van der Waals surface area contributed by atoms with E-state index in [4.69, 9.17) is 13.9 Å². The molecule has 4 N–H and O–H groups in total. The predicted octanol–water partition coefficient (Wildman–Crippen LogP) is 1.26. The molecule has 192 valence electrons. The zero-order valence-electron chi connectivity index (χ0n) is 19.8. The summed E-state index contributed by atoms with van der Waals surface area (Å²) in [5.74, 6) is 0.728. The summed E-state index contributed by atoms with van der Waals surface area (Å²) in [6.45, 7) is 0.298. The highest BCUT2D eigenvalue weighted by atomic mass is 16.6. The van der Waals surface area contributed by atoms with Crippen LogP contribution in [0.15, 0.2) is 63.9 Å². The van der Waals surface area contributed by atoms with Crippen molar-refractivity contribution in [2.24, 2.45) is 0 Å². The lowest BCUT2D eigenvalue weighted by molar-refractivity contribution is 0.0187. The van der Waals surface area contributed by atoms with Crippen LogP contribution in [-0.2, 0) is 17.7 Å². The highest BCUT2D eigenvalue weighted by molar-refractivity contribution is 5.79. The van der Waals surface area contributed by atoms with Crippen LogP contribution in [-0.4, -0.2) is 63.2 Å². The van der Waals surface area contributed by atoms with Crippen LogP contribution in [0.3, 0.4) is 0 Å². The SMILES string of the molecule is COc1ccc(C[C@H]2NC[C@H](O)[C@H]2OC(=O)NCc2cn(-c3cc4ccc(O)cc4oc3=O)nn2)cc1. The molecule has 3 heterocycles. The Balaban J connectivity index is 1.20. The molecule has 0 aliphatic carbocycles. The van der Waals surface area contributed by atoms with Crippen molar-refractivity contribution in [3.8, 4) is 17.2 Å². The lowest BCUT2D eigenvalue weighted by Crippen LogP contribution is -2.41. The number of β-amino-alcohol motifs (C(OH)–C–C–N with tert-alkyl or cyclic N) is 1. The average Bonchev–Trinajstić information content (AvgIpc) is 3.50. The van der Waals surface area contributed by atoms with Crippen LogP contribution in [0.2, 0.25) is 0 Å². The summed E-state index contributed by atoms with van der Waals surface area (Å²) in [6.07, 6.45) is -0.256. The number of alkyl carbamates (subject to hydrolysis) is 1. The number of amides is 1. The molecule has 0 bridgehead atoms. The maximum atomic E-state index is 12.5. The summed E-state index contributed by atoms with van der Waals surface area (Å²) in [5.41, 5.74) is 1.09. The normalized spacial score (nSPS) is 19.1. The molecule has 0 saturated carbocycles. The van der Waals surface area contributed by atoms with Crippen molar-refractivity contribution in [2.45, 2.75) is 31.2 Å². The molecular formula is C25H25N5O7. The van der Waals surface area contributed by atoms with Gasteiger partial charge in [0.25, 0.3) is 0 Å². The highest BCUT2D eigenvalue weighted by Crippen LogP contribution is 2.21. The molecule has 0 spiro atoms. The van der Waals surface area contributed by atoms with Gasteiger partial charge in [-0.3, -0.25) is 0 Å². The number of hydrogen-bond acceptors (Lipinski definition) is 10. The van der Waals surface area contributed by atoms with Gasteiger partial charge in [0.05, 0.1) is 25.9 Å². The maximum absolute atomic E-state index is 12.5. The second-order valence-electron chi connectivity index (χ2n) is 8.65. The third-order valence-corrected chi connectivity index (χ3v) is 6.13. The van der Waals surface area contributed by atoms with Crippen molar-refractivity contribution in [1.82, 2.24) is 25.6 Å². The molecule has 5 rings (SSSR count). The van der Waals surface area contributed by atoms with Crippen LogP contribution in [0, 0.1) is 0 Å². The minimum atomic E-state index is -0.844. The maximum Gasteiger partial charge on any atom is 0.407 e. The largest absolute Gasteiger partial charge is 0.508 e. The molecule has 4 aromatic rings. The zero-order chi connectivity index (χ0) is 25.9. The Kier molecular flexibility index (Phi) is 6.75. The molecule has 12 heteroatoms. The van der Waals surface area contributed by atoms with Gasteiger partial charge in [0.1, 0.15) is 35.0 Å². The Morgan fingerprint density at radius 2 is 2.05 bits per heavy atom. The summed E-state index contributed by atoms with van der Waals surface area (Å²) in [4.78, 5) is 24.9. The first-order valence-electron chi connectivity index (χ1n) is 11.6. The Labute approximate surface area is 210 Å². The number of aliphatic hydroxyl groups excluding tert-OH is 1. The number of nitrogens with zero attached hydrogens (tertiary/aromatic N) is 3. The van der Waals surface area contributed by atoms with E-state index in [9.17, 15) is 19.8 Å². The number of fused-ring (bicyclic) bond motifs is 1. The van der Waals surface area contributed by atoms with Gasteiger partial charge in [-0.25, -0.2) is 14.3 Å².